The molecule has 7 heteroatoms. The number of benzene rings is 2. The molecule has 0 saturated carbocycles. The highest BCUT2D eigenvalue weighted by atomic mass is 16.7. The van der Waals surface area contributed by atoms with Crippen LogP contribution in [-0.4, -0.2) is 29.4 Å². The maximum atomic E-state index is 12.6. The lowest BCUT2D eigenvalue weighted by atomic mass is 9.87. The molecule has 2 aliphatic heterocycles. The molecule has 2 aliphatic rings. The quantitative estimate of drug-likeness (QED) is 0.647. The first-order chi connectivity index (χ1) is 14.4. The van der Waals surface area contributed by atoms with E-state index in [1.807, 2.05) is 30.3 Å². The maximum Gasteiger partial charge on any atom is 0.257 e. The Morgan fingerprint density at radius 2 is 1.80 bits per heavy atom. The molecule has 0 bridgehead atoms. The molecule has 30 heavy (non-hydrogen) atoms. The van der Waals surface area contributed by atoms with Crippen LogP contribution in [0.25, 0.3) is 11.5 Å². The van der Waals surface area contributed by atoms with E-state index in [9.17, 15) is 4.79 Å². The average Bonchev–Trinajstić information content (AvgIpc) is 3.46. The molecule has 5 rings (SSSR count). The summed E-state index contributed by atoms with van der Waals surface area (Å²) in [5, 5.41) is 4.16. The highest BCUT2D eigenvalue weighted by Gasteiger charge is 2.35. The van der Waals surface area contributed by atoms with E-state index >= 15 is 0 Å². The maximum absolute atomic E-state index is 12.6. The molecule has 1 unspecified atom stereocenters. The molecular formula is C23H23N3O4. The molecule has 3 heterocycles. The highest BCUT2D eigenvalue weighted by Crippen LogP contribution is 2.38. The first-order valence-electron chi connectivity index (χ1n) is 10.0. The Kier molecular flexibility index (Phi) is 4.27. The van der Waals surface area contributed by atoms with Crippen molar-refractivity contribution in [2.75, 3.05) is 18.2 Å². The van der Waals surface area contributed by atoms with Crippen LogP contribution in [0.1, 0.15) is 44.5 Å². The predicted molar refractivity (Wildman–Crippen MR) is 111 cm³/mol. The van der Waals surface area contributed by atoms with Gasteiger partial charge in [0, 0.05) is 36.2 Å². The van der Waals surface area contributed by atoms with E-state index in [4.69, 9.17) is 14.0 Å². The Labute approximate surface area is 174 Å². The highest BCUT2D eigenvalue weighted by molar-refractivity contribution is 5.96. The summed E-state index contributed by atoms with van der Waals surface area (Å²) in [7, 11) is 0. The zero-order chi connectivity index (χ0) is 20.9. The number of carbonyl (C=O) groups excluding carboxylic acids is 1. The molecule has 0 radical (unpaired) electrons. The Balaban J connectivity index is 1.34. The Morgan fingerprint density at radius 3 is 2.57 bits per heavy atom. The summed E-state index contributed by atoms with van der Waals surface area (Å²) in [6.07, 6.45) is 0.344. The Hall–Kier alpha value is -3.35. The van der Waals surface area contributed by atoms with Crippen LogP contribution in [0.4, 0.5) is 5.69 Å². The van der Waals surface area contributed by atoms with Crippen LogP contribution >= 0.6 is 0 Å². The van der Waals surface area contributed by atoms with Gasteiger partial charge in [0.2, 0.25) is 12.7 Å². The van der Waals surface area contributed by atoms with E-state index in [0.29, 0.717) is 36.2 Å². The van der Waals surface area contributed by atoms with Crippen molar-refractivity contribution in [1.82, 2.24) is 10.1 Å². The van der Waals surface area contributed by atoms with E-state index in [-0.39, 0.29) is 24.0 Å². The number of anilines is 1. The largest absolute Gasteiger partial charge is 0.454 e. The van der Waals surface area contributed by atoms with Crippen molar-refractivity contribution in [2.24, 2.45) is 0 Å². The number of rotatable bonds is 3. The van der Waals surface area contributed by atoms with Crippen LogP contribution in [0, 0.1) is 0 Å². The number of amides is 1. The van der Waals surface area contributed by atoms with E-state index in [1.54, 1.807) is 4.90 Å². The molecule has 1 amide bonds. The first-order valence-corrected chi connectivity index (χ1v) is 10.0. The number of hydrogen-bond acceptors (Lipinski definition) is 6. The molecule has 0 spiro atoms. The summed E-state index contributed by atoms with van der Waals surface area (Å²) in [5.74, 6) is 2.29. The van der Waals surface area contributed by atoms with Gasteiger partial charge in [0.05, 0.1) is 0 Å². The van der Waals surface area contributed by atoms with E-state index in [1.165, 1.54) is 5.56 Å². The van der Waals surface area contributed by atoms with Gasteiger partial charge in [-0.05, 0) is 35.2 Å². The minimum Gasteiger partial charge on any atom is -0.454 e. The van der Waals surface area contributed by atoms with Gasteiger partial charge >= 0.3 is 0 Å². The molecule has 2 aromatic carbocycles. The van der Waals surface area contributed by atoms with Crippen LogP contribution in [0.15, 0.2) is 47.0 Å². The Bertz CT molecular complexity index is 1100. The summed E-state index contributed by atoms with van der Waals surface area (Å²) < 4.78 is 16.3. The number of fused-ring (bicyclic) bond motifs is 1. The third kappa shape index (κ3) is 3.30. The molecule has 1 aromatic heterocycles. The summed E-state index contributed by atoms with van der Waals surface area (Å²) in [5.41, 5.74) is 2.99. The third-order valence-electron chi connectivity index (χ3n) is 5.60. The second-order valence-electron chi connectivity index (χ2n) is 8.73. The summed E-state index contributed by atoms with van der Waals surface area (Å²) in [4.78, 5) is 18.9. The fourth-order valence-electron chi connectivity index (χ4n) is 3.81. The normalized spacial score (nSPS) is 18.3. The van der Waals surface area contributed by atoms with E-state index in [2.05, 4.69) is 43.0 Å². The molecule has 0 aliphatic carbocycles. The molecule has 7 nitrogen and oxygen atoms in total. The lowest BCUT2D eigenvalue weighted by molar-refractivity contribution is -0.117. The molecule has 3 aromatic rings. The van der Waals surface area contributed by atoms with Gasteiger partial charge in [-0.25, -0.2) is 0 Å². The number of hydrogen-bond donors (Lipinski definition) is 0. The van der Waals surface area contributed by atoms with Crippen molar-refractivity contribution in [2.45, 2.75) is 38.5 Å². The standard InChI is InChI=1S/C23H23N3O4/c1-23(2,3)16-6-4-14(5-7-16)22-24-21(25-30-22)15-10-20(27)26(12-15)17-8-9-18-19(11-17)29-13-28-18/h4-9,11,15H,10,12-13H2,1-3H3. The van der Waals surface area contributed by atoms with Gasteiger partial charge in [-0.2, -0.15) is 4.98 Å². The first kappa shape index (κ1) is 18.7. The van der Waals surface area contributed by atoms with Crippen LogP contribution in [0.5, 0.6) is 11.5 Å². The van der Waals surface area contributed by atoms with Crippen molar-refractivity contribution in [3.05, 3.63) is 53.9 Å². The minimum atomic E-state index is -0.116. The number of carbonyl (C=O) groups is 1. The topological polar surface area (TPSA) is 77.7 Å². The van der Waals surface area contributed by atoms with Crippen LogP contribution in [0.3, 0.4) is 0 Å². The van der Waals surface area contributed by atoms with E-state index in [0.717, 1.165) is 11.3 Å². The van der Waals surface area contributed by atoms with Gasteiger partial charge < -0.3 is 18.9 Å². The summed E-state index contributed by atoms with van der Waals surface area (Å²) in [6.45, 7) is 7.24. The summed E-state index contributed by atoms with van der Waals surface area (Å²) >= 11 is 0. The fraction of sp³-hybridized carbons (Fsp3) is 0.348. The van der Waals surface area contributed by atoms with Crippen molar-refractivity contribution >= 4 is 11.6 Å². The van der Waals surface area contributed by atoms with Crippen LogP contribution in [-0.2, 0) is 10.2 Å². The van der Waals surface area contributed by atoms with Crippen molar-refractivity contribution in [3.8, 4) is 23.0 Å². The zero-order valence-electron chi connectivity index (χ0n) is 17.2. The fourth-order valence-corrected chi connectivity index (χ4v) is 3.81. The lowest BCUT2D eigenvalue weighted by Crippen LogP contribution is -2.24. The monoisotopic (exact) mass is 405 g/mol. The van der Waals surface area contributed by atoms with Gasteiger partial charge in [0.25, 0.3) is 5.89 Å². The molecule has 1 atom stereocenters. The number of ether oxygens (including phenoxy) is 2. The smallest absolute Gasteiger partial charge is 0.257 e. The second kappa shape index (κ2) is 6.86. The lowest BCUT2D eigenvalue weighted by Gasteiger charge is -2.18. The number of nitrogens with zero attached hydrogens (tertiary/aromatic N) is 3. The minimum absolute atomic E-state index is 0.0275. The summed E-state index contributed by atoms with van der Waals surface area (Å²) in [6, 6.07) is 13.7. The molecule has 1 fully saturated rings. The van der Waals surface area contributed by atoms with Gasteiger partial charge in [-0.3, -0.25) is 4.79 Å². The van der Waals surface area contributed by atoms with Crippen molar-refractivity contribution in [1.29, 1.82) is 0 Å². The predicted octanol–water partition coefficient (Wildman–Crippen LogP) is 4.28. The molecular weight excluding hydrogens is 382 g/mol. The van der Waals surface area contributed by atoms with E-state index < -0.39 is 0 Å². The Morgan fingerprint density at radius 1 is 1.03 bits per heavy atom. The van der Waals surface area contributed by atoms with Crippen molar-refractivity contribution < 1.29 is 18.8 Å². The molecule has 1 saturated heterocycles. The van der Waals surface area contributed by atoms with Crippen molar-refractivity contribution in [3.63, 3.8) is 0 Å². The van der Waals surface area contributed by atoms with Gasteiger partial charge in [-0.15, -0.1) is 0 Å². The second-order valence-corrected chi connectivity index (χ2v) is 8.73. The van der Waals surface area contributed by atoms with Crippen LogP contribution in [0.2, 0.25) is 0 Å². The number of aromatic nitrogens is 2. The van der Waals surface area contributed by atoms with Crippen LogP contribution < -0.4 is 14.4 Å². The molecule has 0 N–H and O–H groups in total. The van der Waals surface area contributed by atoms with Gasteiger partial charge in [-0.1, -0.05) is 38.1 Å². The van der Waals surface area contributed by atoms with Gasteiger partial charge in [0.1, 0.15) is 0 Å². The SMILES string of the molecule is CC(C)(C)c1ccc(-c2nc(C3CC(=O)N(c4ccc5c(c4)OCO5)C3)no2)cc1. The average molecular weight is 405 g/mol. The zero-order valence-corrected chi connectivity index (χ0v) is 17.2. The third-order valence-corrected chi connectivity index (χ3v) is 5.60. The van der Waals surface area contributed by atoms with Gasteiger partial charge in [0.15, 0.2) is 17.3 Å². The molecule has 154 valence electrons.